The Kier molecular flexibility index (Phi) is 3.92. The van der Waals surface area contributed by atoms with Gasteiger partial charge in [0.2, 0.25) is 5.78 Å². The van der Waals surface area contributed by atoms with Crippen LogP contribution in [-0.2, 0) is 6.61 Å². The van der Waals surface area contributed by atoms with Gasteiger partial charge in [-0.2, -0.15) is 0 Å². The second kappa shape index (κ2) is 6.82. The van der Waals surface area contributed by atoms with E-state index in [1.165, 1.54) is 0 Å². The van der Waals surface area contributed by atoms with E-state index in [4.69, 9.17) is 9.15 Å². The predicted octanol–water partition coefficient (Wildman–Crippen LogP) is 5.65. The number of furan rings is 1. The first-order valence-electron chi connectivity index (χ1n) is 10.2. The molecule has 0 bridgehead atoms. The number of hydrogen-bond donors (Lipinski definition) is 1. The van der Waals surface area contributed by atoms with Gasteiger partial charge in [0.05, 0.1) is 10.9 Å². The molecule has 1 N–H and O–H groups in total. The van der Waals surface area contributed by atoms with Crippen LogP contribution < -0.4 is 4.74 Å². The average Bonchev–Trinajstić information content (AvgIpc) is 3.25. The summed E-state index contributed by atoms with van der Waals surface area (Å²) in [5.41, 5.74) is 1.91. The van der Waals surface area contributed by atoms with Crippen molar-refractivity contribution in [1.29, 1.82) is 0 Å². The van der Waals surface area contributed by atoms with Crippen molar-refractivity contribution in [1.82, 2.24) is 0 Å². The maximum absolute atomic E-state index is 13.3. The Labute approximate surface area is 182 Å². The number of fused-ring (bicyclic) bond motifs is 6. The van der Waals surface area contributed by atoms with E-state index in [9.17, 15) is 14.7 Å². The SMILES string of the molecule is O=C1c2ccccc2C(=O)c2c1oc1c2c(O)c(OCc2ccccc2)c2ccccc21. The quantitative estimate of drug-likeness (QED) is 0.401. The molecule has 32 heavy (non-hydrogen) atoms. The van der Waals surface area contributed by atoms with Gasteiger partial charge >= 0.3 is 0 Å². The number of carbonyl (C=O) groups excluding carboxylic acids is 2. The van der Waals surface area contributed by atoms with E-state index in [1.807, 2.05) is 54.6 Å². The molecule has 0 saturated carbocycles. The van der Waals surface area contributed by atoms with Crippen LogP contribution in [0.2, 0.25) is 0 Å². The van der Waals surface area contributed by atoms with Crippen molar-refractivity contribution < 1.29 is 23.8 Å². The Morgan fingerprint density at radius 3 is 2.12 bits per heavy atom. The number of phenolic OH excluding ortho intramolecular Hbond substituents is 1. The first-order chi connectivity index (χ1) is 15.6. The third-order valence-electron chi connectivity index (χ3n) is 5.85. The predicted molar refractivity (Wildman–Crippen MR) is 119 cm³/mol. The molecular formula is C27H16O5. The van der Waals surface area contributed by atoms with Crippen LogP contribution in [0.4, 0.5) is 0 Å². The van der Waals surface area contributed by atoms with E-state index in [0.717, 1.165) is 5.56 Å². The highest BCUT2D eigenvalue weighted by Gasteiger charge is 2.37. The zero-order valence-corrected chi connectivity index (χ0v) is 16.8. The molecule has 0 atom stereocenters. The van der Waals surface area contributed by atoms with Gasteiger partial charge in [0, 0.05) is 21.9 Å². The summed E-state index contributed by atoms with van der Waals surface area (Å²) in [6.07, 6.45) is 0. The highest BCUT2D eigenvalue weighted by Crippen LogP contribution is 2.48. The van der Waals surface area contributed by atoms with E-state index in [0.29, 0.717) is 27.5 Å². The van der Waals surface area contributed by atoms with Gasteiger partial charge in [0.1, 0.15) is 12.2 Å². The van der Waals surface area contributed by atoms with Crippen LogP contribution in [0.3, 0.4) is 0 Å². The summed E-state index contributed by atoms with van der Waals surface area (Å²) in [6, 6.07) is 23.5. The zero-order valence-electron chi connectivity index (χ0n) is 16.8. The standard InChI is InChI=1S/C27H16O5/c28-22-16-10-4-5-11-17(16)23(29)27-20(22)21-24(30)26(31-14-15-8-2-1-3-9-15)19-13-7-6-12-18(19)25(21)32-27/h1-13,30H,14H2. The minimum absolute atomic E-state index is 0.0515. The van der Waals surface area contributed by atoms with Crippen molar-refractivity contribution in [2.24, 2.45) is 0 Å². The molecule has 154 valence electrons. The van der Waals surface area contributed by atoms with Crippen molar-refractivity contribution in [3.63, 3.8) is 0 Å². The lowest BCUT2D eigenvalue weighted by atomic mass is 9.86. The third-order valence-corrected chi connectivity index (χ3v) is 5.85. The van der Waals surface area contributed by atoms with E-state index < -0.39 is 0 Å². The number of ketones is 2. The fourth-order valence-corrected chi connectivity index (χ4v) is 4.36. The molecule has 5 heteroatoms. The molecule has 0 amide bonds. The second-order valence-electron chi connectivity index (χ2n) is 7.71. The molecule has 1 aliphatic carbocycles. The summed E-state index contributed by atoms with van der Waals surface area (Å²) in [5.74, 6) is -0.737. The number of carbonyl (C=O) groups is 2. The van der Waals surface area contributed by atoms with Crippen molar-refractivity contribution >= 4 is 33.3 Å². The zero-order chi connectivity index (χ0) is 21.8. The molecular weight excluding hydrogens is 404 g/mol. The van der Waals surface area contributed by atoms with E-state index in [1.54, 1.807) is 24.3 Å². The van der Waals surface area contributed by atoms with Gasteiger partial charge in [0.25, 0.3) is 0 Å². The molecule has 4 aromatic carbocycles. The summed E-state index contributed by atoms with van der Waals surface area (Å²) < 4.78 is 12.0. The highest BCUT2D eigenvalue weighted by molar-refractivity contribution is 6.33. The number of ether oxygens (including phenoxy) is 1. The minimum Gasteiger partial charge on any atom is -0.504 e. The smallest absolute Gasteiger partial charge is 0.229 e. The van der Waals surface area contributed by atoms with Crippen LogP contribution in [0.15, 0.2) is 83.3 Å². The van der Waals surface area contributed by atoms with Gasteiger partial charge in [-0.15, -0.1) is 0 Å². The molecule has 6 rings (SSSR count). The Balaban J connectivity index is 1.62. The van der Waals surface area contributed by atoms with Gasteiger partial charge < -0.3 is 14.3 Å². The summed E-state index contributed by atoms with van der Waals surface area (Å²) in [7, 11) is 0. The lowest BCUT2D eigenvalue weighted by Crippen LogP contribution is -2.19. The first-order valence-corrected chi connectivity index (χ1v) is 10.2. The normalized spacial score (nSPS) is 12.8. The number of hydrogen-bond acceptors (Lipinski definition) is 5. The maximum Gasteiger partial charge on any atom is 0.229 e. The molecule has 0 fully saturated rings. The molecule has 0 aliphatic heterocycles. The molecule has 0 unspecified atom stereocenters. The number of benzene rings is 4. The molecule has 1 aromatic heterocycles. The molecule has 1 aliphatic rings. The molecule has 0 saturated heterocycles. The lowest BCUT2D eigenvalue weighted by molar-refractivity contribution is 0.0962. The fourth-order valence-electron chi connectivity index (χ4n) is 4.36. The van der Waals surface area contributed by atoms with Crippen LogP contribution in [0.1, 0.15) is 37.6 Å². The van der Waals surface area contributed by atoms with Crippen molar-refractivity contribution in [3.05, 3.63) is 107 Å². The summed E-state index contributed by atoms with van der Waals surface area (Å²) in [4.78, 5) is 26.5. The van der Waals surface area contributed by atoms with Gasteiger partial charge in [-0.3, -0.25) is 9.59 Å². The Bertz CT molecular complexity index is 1560. The largest absolute Gasteiger partial charge is 0.504 e. The maximum atomic E-state index is 13.3. The van der Waals surface area contributed by atoms with Crippen LogP contribution in [0.25, 0.3) is 21.7 Å². The van der Waals surface area contributed by atoms with Gasteiger partial charge in [-0.05, 0) is 5.56 Å². The molecule has 5 aromatic rings. The first kappa shape index (κ1) is 18.4. The van der Waals surface area contributed by atoms with Crippen LogP contribution in [0, 0.1) is 0 Å². The molecule has 0 radical (unpaired) electrons. The Morgan fingerprint density at radius 1 is 0.750 bits per heavy atom. The van der Waals surface area contributed by atoms with Gasteiger partial charge in [0.15, 0.2) is 23.0 Å². The summed E-state index contributed by atoms with van der Waals surface area (Å²) in [5, 5.41) is 12.8. The van der Waals surface area contributed by atoms with E-state index in [-0.39, 0.29) is 46.4 Å². The highest BCUT2D eigenvalue weighted by atomic mass is 16.5. The fraction of sp³-hybridized carbons (Fsp3) is 0.0370. The molecule has 1 heterocycles. The van der Waals surface area contributed by atoms with Gasteiger partial charge in [-0.25, -0.2) is 0 Å². The Morgan fingerprint density at radius 2 is 1.38 bits per heavy atom. The van der Waals surface area contributed by atoms with Crippen molar-refractivity contribution in [2.45, 2.75) is 6.61 Å². The van der Waals surface area contributed by atoms with Crippen LogP contribution >= 0.6 is 0 Å². The van der Waals surface area contributed by atoms with Crippen LogP contribution in [0.5, 0.6) is 11.5 Å². The number of aromatic hydroxyl groups is 1. The minimum atomic E-state index is -0.373. The van der Waals surface area contributed by atoms with Crippen molar-refractivity contribution in [3.8, 4) is 11.5 Å². The number of rotatable bonds is 3. The van der Waals surface area contributed by atoms with E-state index in [2.05, 4.69) is 0 Å². The second-order valence-corrected chi connectivity index (χ2v) is 7.71. The van der Waals surface area contributed by atoms with Gasteiger partial charge in [-0.1, -0.05) is 78.9 Å². The molecule has 5 nitrogen and oxygen atoms in total. The summed E-state index contributed by atoms with van der Waals surface area (Å²) in [6.45, 7) is 0.236. The third kappa shape index (κ3) is 2.51. The monoisotopic (exact) mass is 420 g/mol. The average molecular weight is 420 g/mol. The number of phenols is 1. The van der Waals surface area contributed by atoms with Crippen LogP contribution in [-0.4, -0.2) is 16.7 Å². The van der Waals surface area contributed by atoms with Crippen molar-refractivity contribution in [2.75, 3.05) is 0 Å². The topological polar surface area (TPSA) is 76.7 Å². The molecule has 0 spiro atoms. The van der Waals surface area contributed by atoms with E-state index >= 15 is 0 Å². The lowest BCUT2D eigenvalue weighted by Gasteiger charge is -2.14. The Hall–Kier alpha value is -4.38. The summed E-state index contributed by atoms with van der Waals surface area (Å²) >= 11 is 0.